The number of hydrogen-bond donors (Lipinski definition) is 2. The lowest BCUT2D eigenvalue weighted by molar-refractivity contribution is -0.0209. The van der Waals surface area contributed by atoms with Crippen LogP contribution in [0, 0.1) is 28.6 Å². The van der Waals surface area contributed by atoms with Gasteiger partial charge in [-0.05, 0) is 86.7 Å². The van der Waals surface area contributed by atoms with E-state index in [0.717, 1.165) is 44.4 Å². The summed E-state index contributed by atoms with van der Waals surface area (Å²) >= 11 is 0. The van der Waals surface area contributed by atoms with Gasteiger partial charge in [0.05, 0.1) is 6.10 Å². The molecule has 4 aliphatic carbocycles. The molecule has 4 aliphatic rings. The maximum atomic E-state index is 12.5. The van der Waals surface area contributed by atoms with Crippen molar-refractivity contribution in [2.75, 3.05) is 0 Å². The highest BCUT2D eigenvalue weighted by atomic mass is 16.3. The van der Waals surface area contributed by atoms with Crippen LogP contribution in [0.2, 0.25) is 0 Å². The van der Waals surface area contributed by atoms with E-state index in [9.17, 15) is 9.90 Å². The van der Waals surface area contributed by atoms with Gasteiger partial charge in [-0.2, -0.15) is 5.10 Å². The number of aliphatic hydroxyl groups excluding tert-OH is 1. The van der Waals surface area contributed by atoms with Gasteiger partial charge in [-0.15, -0.1) is 0 Å². The summed E-state index contributed by atoms with van der Waals surface area (Å²) < 4.78 is 0. The predicted molar refractivity (Wildman–Crippen MR) is 119 cm³/mol. The fourth-order valence-corrected chi connectivity index (χ4v) is 7.39. The summed E-state index contributed by atoms with van der Waals surface area (Å²) in [7, 11) is 0. The Morgan fingerprint density at radius 3 is 2.60 bits per heavy atom. The summed E-state index contributed by atoms with van der Waals surface area (Å²) in [5.41, 5.74) is 6.57. The van der Waals surface area contributed by atoms with Gasteiger partial charge in [-0.25, -0.2) is 5.43 Å². The number of benzene rings is 1. The summed E-state index contributed by atoms with van der Waals surface area (Å²) in [5, 5.41) is 14.9. The van der Waals surface area contributed by atoms with Crippen LogP contribution in [-0.2, 0) is 0 Å². The van der Waals surface area contributed by atoms with Crippen molar-refractivity contribution in [1.29, 1.82) is 0 Å². The lowest BCUT2D eigenvalue weighted by atomic mass is 9.48. The smallest absolute Gasteiger partial charge is 0.271 e. The minimum atomic E-state index is -0.145. The zero-order chi connectivity index (χ0) is 20.9. The van der Waals surface area contributed by atoms with Gasteiger partial charge < -0.3 is 5.11 Å². The zero-order valence-electron chi connectivity index (χ0n) is 18.2. The van der Waals surface area contributed by atoms with E-state index in [1.54, 1.807) is 0 Å². The average molecular weight is 407 g/mol. The third-order valence-electron chi connectivity index (χ3n) is 9.15. The lowest BCUT2D eigenvalue weighted by Gasteiger charge is -2.57. The predicted octanol–water partition coefficient (Wildman–Crippen LogP) is 5.10. The Morgan fingerprint density at radius 1 is 1.07 bits per heavy atom. The molecule has 0 bridgehead atoms. The molecule has 160 valence electrons. The standard InChI is InChI=1S/C26H34N2O2/c1-25-14-12-19(29)16-18(25)8-9-20-21-10-11-23(26(21,2)15-13-22(20)25)27-28-24(30)17-6-4-3-5-7-17/h3-8,19-22,29H,9-16H2,1-2H3,(H,28,30)/t19-,20+,21+,22+,25-,26+/m0/s1. The van der Waals surface area contributed by atoms with Crippen LogP contribution in [0.3, 0.4) is 0 Å². The molecule has 3 saturated carbocycles. The van der Waals surface area contributed by atoms with Crippen LogP contribution in [-0.4, -0.2) is 22.8 Å². The second kappa shape index (κ2) is 7.33. The van der Waals surface area contributed by atoms with Crippen molar-refractivity contribution in [3.05, 3.63) is 47.5 Å². The van der Waals surface area contributed by atoms with Crippen LogP contribution in [0.1, 0.15) is 75.6 Å². The minimum absolute atomic E-state index is 0.0982. The Bertz CT molecular complexity index is 892. The fourth-order valence-electron chi connectivity index (χ4n) is 7.39. The highest BCUT2D eigenvalue weighted by Crippen LogP contribution is 2.64. The van der Waals surface area contributed by atoms with Crippen molar-refractivity contribution in [2.24, 2.45) is 33.7 Å². The molecule has 0 saturated heterocycles. The number of hydrogen-bond acceptors (Lipinski definition) is 3. The van der Waals surface area contributed by atoms with Crippen molar-refractivity contribution in [2.45, 2.75) is 71.3 Å². The molecule has 4 nitrogen and oxygen atoms in total. The Morgan fingerprint density at radius 2 is 1.80 bits per heavy atom. The molecule has 3 fully saturated rings. The van der Waals surface area contributed by atoms with Crippen LogP contribution in [0.5, 0.6) is 0 Å². The Labute approximate surface area is 179 Å². The van der Waals surface area contributed by atoms with Gasteiger partial charge >= 0.3 is 0 Å². The first kappa shape index (κ1) is 20.0. The summed E-state index contributed by atoms with van der Waals surface area (Å²) in [6.45, 7) is 4.86. The summed E-state index contributed by atoms with van der Waals surface area (Å²) in [4.78, 5) is 12.5. The van der Waals surface area contributed by atoms with Crippen molar-refractivity contribution in [1.82, 2.24) is 5.43 Å². The number of hydrazone groups is 1. The SMILES string of the molecule is C[C@]12CC[C@H](O)CC1=CC[C@H]1[C@H]2CC[C@@]2(C)C(=NNC(=O)c3ccccc3)CC[C@H]12. The van der Waals surface area contributed by atoms with E-state index in [2.05, 4.69) is 30.5 Å². The van der Waals surface area contributed by atoms with Gasteiger partial charge in [0.15, 0.2) is 0 Å². The van der Waals surface area contributed by atoms with E-state index in [4.69, 9.17) is 0 Å². The molecule has 5 rings (SSSR count). The number of carbonyl (C=O) groups is 1. The number of aliphatic hydroxyl groups is 1. The molecular formula is C26H34N2O2. The quantitative estimate of drug-likeness (QED) is 0.530. The van der Waals surface area contributed by atoms with Crippen LogP contribution in [0.4, 0.5) is 0 Å². The Hall–Kier alpha value is -1.94. The number of amides is 1. The molecule has 2 N–H and O–H groups in total. The van der Waals surface area contributed by atoms with Crippen molar-refractivity contribution < 1.29 is 9.90 Å². The van der Waals surface area contributed by atoms with E-state index in [1.807, 2.05) is 30.3 Å². The van der Waals surface area contributed by atoms with E-state index in [1.165, 1.54) is 24.1 Å². The minimum Gasteiger partial charge on any atom is -0.393 e. The van der Waals surface area contributed by atoms with E-state index in [-0.39, 0.29) is 22.8 Å². The molecule has 0 radical (unpaired) electrons. The molecule has 4 heteroatoms. The molecule has 6 atom stereocenters. The maximum Gasteiger partial charge on any atom is 0.271 e. The molecular weight excluding hydrogens is 372 g/mol. The fraction of sp³-hybridized carbons (Fsp3) is 0.615. The van der Waals surface area contributed by atoms with Gasteiger partial charge in [-0.3, -0.25) is 4.79 Å². The van der Waals surface area contributed by atoms with Gasteiger partial charge in [0.1, 0.15) is 0 Å². The van der Waals surface area contributed by atoms with Crippen molar-refractivity contribution in [3.8, 4) is 0 Å². The lowest BCUT2D eigenvalue weighted by Crippen LogP contribution is -2.50. The third-order valence-corrected chi connectivity index (χ3v) is 9.15. The topological polar surface area (TPSA) is 61.7 Å². The van der Waals surface area contributed by atoms with Gasteiger partial charge in [-0.1, -0.05) is 43.7 Å². The van der Waals surface area contributed by atoms with Crippen molar-refractivity contribution in [3.63, 3.8) is 0 Å². The van der Waals surface area contributed by atoms with Crippen molar-refractivity contribution >= 4 is 11.6 Å². The normalized spacial score (nSPS) is 41.4. The molecule has 0 heterocycles. The molecule has 1 amide bonds. The number of rotatable bonds is 2. The average Bonchev–Trinajstić information content (AvgIpc) is 3.09. The van der Waals surface area contributed by atoms with Crippen LogP contribution in [0.25, 0.3) is 0 Å². The molecule has 0 unspecified atom stereocenters. The molecule has 0 aliphatic heterocycles. The van der Waals surface area contributed by atoms with Crippen LogP contribution in [0.15, 0.2) is 47.1 Å². The van der Waals surface area contributed by atoms with Gasteiger partial charge in [0.25, 0.3) is 5.91 Å². The first-order chi connectivity index (χ1) is 14.4. The second-order valence-electron chi connectivity index (χ2n) is 10.5. The maximum absolute atomic E-state index is 12.5. The van der Waals surface area contributed by atoms with E-state index < -0.39 is 0 Å². The van der Waals surface area contributed by atoms with Gasteiger partial charge in [0, 0.05) is 16.7 Å². The Kier molecular flexibility index (Phi) is 4.89. The number of nitrogens with zero attached hydrogens (tertiary/aromatic N) is 1. The molecule has 1 aromatic carbocycles. The number of nitrogens with one attached hydrogen (secondary N) is 1. The number of allylic oxidation sites excluding steroid dienone is 1. The number of fused-ring (bicyclic) bond motifs is 5. The Balaban J connectivity index is 1.36. The molecule has 0 aromatic heterocycles. The first-order valence-electron chi connectivity index (χ1n) is 11.7. The monoisotopic (exact) mass is 406 g/mol. The van der Waals surface area contributed by atoms with Gasteiger partial charge in [0.2, 0.25) is 0 Å². The second-order valence-corrected chi connectivity index (χ2v) is 10.5. The summed E-state index contributed by atoms with van der Waals surface area (Å²) in [6, 6.07) is 9.33. The first-order valence-corrected chi connectivity index (χ1v) is 11.7. The third kappa shape index (κ3) is 3.07. The molecule has 1 aromatic rings. The van der Waals surface area contributed by atoms with E-state index in [0.29, 0.717) is 17.4 Å². The highest BCUT2D eigenvalue weighted by molar-refractivity contribution is 5.97. The molecule has 30 heavy (non-hydrogen) atoms. The zero-order valence-corrected chi connectivity index (χ0v) is 18.2. The van der Waals surface area contributed by atoms with Crippen LogP contribution < -0.4 is 5.43 Å². The summed E-state index contributed by atoms with van der Waals surface area (Å²) in [5.74, 6) is 1.94. The highest BCUT2D eigenvalue weighted by Gasteiger charge is 2.57. The largest absolute Gasteiger partial charge is 0.393 e. The molecule has 0 spiro atoms. The van der Waals surface area contributed by atoms with E-state index >= 15 is 0 Å². The summed E-state index contributed by atoms with van der Waals surface area (Å²) in [6.07, 6.45) is 11.0. The number of carbonyl (C=O) groups excluding carboxylic acids is 1. The van der Waals surface area contributed by atoms with Crippen LogP contribution >= 0.6 is 0 Å².